The molecular formula is C12H16ClN. The number of benzene rings is 1. The van der Waals surface area contributed by atoms with E-state index in [9.17, 15) is 0 Å². The Kier molecular flexibility index (Phi) is 4.02. The molecule has 2 heteroatoms. The van der Waals surface area contributed by atoms with Gasteiger partial charge in [0.05, 0.1) is 0 Å². The Morgan fingerprint density at radius 2 is 1.86 bits per heavy atom. The SMILES string of the molecule is Cc1cccc(C)c1N(C)CC=CCl. The van der Waals surface area contributed by atoms with Crippen LogP contribution in [-0.2, 0) is 0 Å². The molecule has 0 radical (unpaired) electrons. The molecule has 0 unspecified atom stereocenters. The maximum Gasteiger partial charge on any atom is 0.0425 e. The zero-order chi connectivity index (χ0) is 10.6. The van der Waals surface area contributed by atoms with Gasteiger partial charge in [0.2, 0.25) is 0 Å². The van der Waals surface area contributed by atoms with E-state index in [1.165, 1.54) is 16.8 Å². The molecule has 0 saturated heterocycles. The molecule has 0 saturated carbocycles. The lowest BCUT2D eigenvalue weighted by Crippen LogP contribution is -2.18. The van der Waals surface area contributed by atoms with E-state index < -0.39 is 0 Å². The van der Waals surface area contributed by atoms with E-state index in [1.807, 2.05) is 6.08 Å². The van der Waals surface area contributed by atoms with E-state index in [0.29, 0.717) is 0 Å². The van der Waals surface area contributed by atoms with Crippen LogP contribution in [0.5, 0.6) is 0 Å². The van der Waals surface area contributed by atoms with Crippen molar-refractivity contribution in [3.8, 4) is 0 Å². The predicted octanol–water partition coefficient (Wildman–Crippen LogP) is 3.49. The third-order valence-corrected chi connectivity index (χ3v) is 2.47. The van der Waals surface area contributed by atoms with Crippen molar-refractivity contribution in [2.75, 3.05) is 18.5 Å². The van der Waals surface area contributed by atoms with Crippen LogP contribution in [-0.4, -0.2) is 13.6 Å². The van der Waals surface area contributed by atoms with E-state index in [0.717, 1.165) is 6.54 Å². The minimum atomic E-state index is 0.842. The number of anilines is 1. The lowest BCUT2D eigenvalue weighted by atomic mass is 10.1. The second-order valence-electron chi connectivity index (χ2n) is 3.48. The molecule has 1 aromatic carbocycles. The van der Waals surface area contributed by atoms with Crippen LogP contribution in [0.4, 0.5) is 5.69 Å². The average Bonchev–Trinajstić information content (AvgIpc) is 2.14. The summed E-state index contributed by atoms with van der Waals surface area (Å²) in [6, 6.07) is 6.34. The molecule has 0 aromatic heterocycles. The lowest BCUT2D eigenvalue weighted by Gasteiger charge is -2.21. The molecule has 0 bridgehead atoms. The largest absolute Gasteiger partial charge is 0.370 e. The number of aryl methyl sites for hydroxylation is 2. The second kappa shape index (κ2) is 5.06. The summed E-state index contributed by atoms with van der Waals surface area (Å²) in [4.78, 5) is 2.20. The highest BCUT2D eigenvalue weighted by molar-refractivity contribution is 6.25. The number of nitrogens with zero attached hydrogens (tertiary/aromatic N) is 1. The molecule has 0 aliphatic rings. The van der Waals surface area contributed by atoms with Crippen molar-refractivity contribution in [1.82, 2.24) is 0 Å². The molecule has 0 fully saturated rings. The predicted molar refractivity (Wildman–Crippen MR) is 64.2 cm³/mol. The average molecular weight is 210 g/mol. The molecule has 0 spiro atoms. The first-order valence-corrected chi connectivity index (χ1v) is 5.13. The highest BCUT2D eigenvalue weighted by Gasteiger charge is 2.05. The summed E-state index contributed by atoms with van der Waals surface area (Å²) >= 11 is 5.51. The van der Waals surface area contributed by atoms with Gasteiger partial charge in [-0.1, -0.05) is 35.9 Å². The summed E-state index contributed by atoms with van der Waals surface area (Å²) < 4.78 is 0. The number of likely N-dealkylation sites (N-methyl/N-ethyl adjacent to an activating group) is 1. The molecule has 1 aromatic rings. The smallest absolute Gasteiger partial charge is 0.0425 e. The normalized spacial score (nSPS) is 10.9. The van der Waals surface area contributed by atoms with Crippen molar-refractivity contribution >= 4 is 17.3 Å². The molecule has 0 aliphatic carbocycles. The van der Waals surface area contributed by atoms with Crippen LogP contribution < -0.4 is 4.90 Å². The van der Waals surface area contributed by atoms with Crippen molar-refractivity contribution in [2.24, 2.45) is 0 Å². The second-order valence-corrected chi connectivity index (χ2v) is 3.73. The Labute approximate surface area is 91.0 Å². The maximum absolute atomic E-state index is 5.51. The van der Waals surface area contributed by atoms with E-state index in [-0.39, 0.29) is 0 Å². The summed E-state index contributed by atoms with van der Waals surface area (Å²) in [5, 5.41) is 0. The van der Waals surface area contributed by atoms with Gasteiger partial charge in [-0.05, 0) is 25.0 Å². The number of rotatable bonds is 3. The van der Waals surface area contributed by atoms with Crippen LogP contribution in [0.2, 0.25) is 0 Å². The van der Waals surface area contributed by atoms with Crippen LogP contribution in [0.15, 0.2) is 29.8 Å². The quantitative estimate of drug-likeness (QED) is 0.737. The fourth-order valence-corrected chi connectivity index (χ4v) is 1.78. The van der Waals surface area contributed by atoms with Gasteiger partial charge in [0, 0.05) is 24.8 Å². The first-order valence-electron chi connectivity index (χ1n) is 4.69. The fraction of sp³-hybridized carbons (Fsp3) is 0.333. The fourth-order valence-electron chi connectivity index (χ4n) is 1.70. The van der Waals surface area contributed by atoms with Crippen LogP contribution in [0.3, 0.4) is 0 Å². The molecule has 0 aliphatic heterocycles. The van der Waals surface area contributed by atoms with Crippen molar-refractivity contribution in [2.45, 2.75) is 13.8 Å². The minimum absolute atomic E-state index is 0.842. The van der Waals surface area contributed by atoms with Gasteiger partial charge >= 0.3 is 0 Å². The molecular weight excluding hydrogens is 194 g/mol. The Morgan fingerprint density at radius 3 is 2.36 bits per heavy atom. The molecule has 0 N–H and O–H groups in total. The zero-order valence-electron chi connectivity index (χ0n) is 8.92. The van der Waals surface area contributed by atoms with Gasteiger partial charge in [0.1, 0.15) is 0 Å². The van der Waals surface area contributed by atoms with Gasteiger partial charge in [0.15, 0.2) is 0 Å². The Balaban J connectivity index is 2.93. The van der Waals surface area contributed by atoms with E-state index >= 15 is 0 Å². The maximum atomic E-state index is 5.51. The number of hydrogen-bond acceptors (Lipinski definition) is 1. The van der Waals surface area contributed by atoms with Crippen molar-refractivity contribution < 1.29 is 0 Å². The van der Waals surface area contributed by atoms with Gasteiger partial charge in [-0.15, -0.1) is 0 Å². The molecule has 1 rings (SSSR count). The van der Waals surface area contributed by atoms with Gasteiger partial charge in [-0.25, -0.2) is 0 Å². The summed E-state index contributed by atoms with van der Waals surface area (Å²) in [6.07, 6.45) is 1.94. The zero-order valence-corrected chi connectivity index (χ0v) is 9.67. The van der Waals surface area contributed by atoms with Crippen LogP contribution in [0.1, 0.15) is 11.1 Å². The van der Waals surface area contributed by atoms with E-state index in [2.05, 4.69) is 44.0 Å². The highest BCUT2D eigenvalue weighted by atomic mass is 35.5. The molecule has 76 valence electrons. The van der Waals surface area contributed by atoms with Crippen LogP contribution in [0.25, 0.3) is 0 Å². The summed E-state index contributed by atoms with van der Waals surface area (Å²) in [7, 11) is 2.08. The minimum Gasteiger partial charge on any atom is -0.370 e. The topological polar surface area (TPSA) is 3.24 Å². The van der Waals surface area contributed by atoms with Crippen LogP contribution in [0, 0.1) is 13.8 Å². The molecule has 0 heterocycles. The van der Waals surface area contributed by atoms with E-state index in [1.54, 1.807) is 5.54 Å². The van der Waals surface area contributed by atoms with Crippen molar-refractivity contribution in [3.05, 3.63) is 40.9 Å². The number of halogens is 1. The van der Waals surface area contributed by atoms with E-state index in [4.69, 9.17) is 11.6 Å². The Hall–Kier alpha value is -0.950. The Bertz CT molecular complexity index is 311. The molecule has 14 heavy (non-hydrogen) atoms. The first kappa shape index (κ1) is 11.1. The number of hydrogen-bond donors (Lipinski definition) is 0. The number of para-hydroxylation sites is 1. The lowest BCUT2D eigenvalue weighted by molar-refractivity contribution is 1.01. The Morgan fingerprint density at radius 1 is 1.29 bits per heavy atom. The van der Waals surface area contributed by atoms with Gasteiger partial charge in [0.25, 0.3) is 0 Å². The van der Waals surface area contributed by atoms with Gasteiger partial charge in [-0.2, -0.15) is 0 Å². The summed E-state index contributed by atoms with van der Waals surface area (Å²) in [5.41, 5.74) is 5.46. The summed E-state index contributed by atoms with van der Waals surface area (Å²) in [5.74, 6) is 0. The standard InChI is InChI=1S/C12H16ClN/c1-10-6-4-7-11(2)12(10)14(3)9-5-8-13/h4-8H,9H2,1-3H3. The highest BCUT2D eigenvalue weighted by Crippen LogP contribution is 2.22. The van der Waals surface area contributed by atoms with Crippen molar-refractivity contribution in [1.29, 1.82) is 0 Å². The molecule has 0 atom stereocenters. The first-order chi connectivity index (χ1) is 6.66. The van der Waals surface area contributed by atoms with Crippen LogP contribution >= 0.6 is 11.6 Å². The molecule has 1 nitrogen and oxygen atoms in total. The monoisotopic (exact) mass is 209 g/mol. The van der Waals surface area contributed by atoms with Crippen molar-refractivity contribution in [3.63, 3.8) is 0 Å². The third-order valence-electron chi connectivity index (χ3n) is 2.29. The van der Waals surface area contributed by atoms with Gasteiger partial charge < -0.3 is 4.90 Å². The summed E-state index contributed by atoms with van der Waals surface area (Å²) in [6.45, 7) is 5.10. The molecule has 0 amide bonds. The van der Waals surface area contributed by atoms with Gasteiger partial charge in [-0.3, -0.25) is 0 Å². The third kappa shape index (κ3) is 2.52.